The van der Waals surface area contributed by atoms with Crippen LogP contribution in [0.4, 0.5) is 0 Å². The third-order valence-corrected chi connectivity index (χ3v) is 5.73. The number of hydrogen-bond acceptors (Lipinski definition) is 4. The Morgan fingerprint density at radius 1 is 0.923 bits per heavy atom. The van der Waals surface area contributed by atoms with Crippen LogP contribution in [0.15, 0.2) is 42.5 Å². The summed E-state index contributed by atoms with van der Waals surface area (Å²) in [6, 6.07) is 13.7. The van der Waals surface area contributed by atoms with Crippen molar-refractivity contribution in [1.29, 1.82) is 0 Å². The molecule has 3 heterocycles. The molecule has 0 bridgehead atoms. The molecule has 1 saturated heterocycles. The van der Waals surface area contributed by atoms with E-state index in [1.165, 1.54) is 5.56 Å². The normalized spacial score (nSPS) is 19.8. The lowest BCUT2D eigenvalue weighted by atomic mass is 9.83. The van der Waals surface area contributed by atoms with E-state index in [1.807, 2.05) is 23.1 Å². The fraction of sp³-hybridized carbons (Fsp3) is 0.381. The highest BCUT2D eigenvalue weighted by Crippen LogP contribution is 2.39. The number of fused-ring (bicyclic) bond motifs is 2. The fourth-order valence-electron chi connectivity index (χ4n) is 4.14. The van der Waals surface area contributed by atoms with Crippen LogP contribution in [0.5, 0.6) is 17.2 Å². The number of piperidine rings is 1. The van der Waals surface area contributed by atoms with Gasteiger partial charge in [0.15, 0.2) is 11.5 Å². The number of benzene rings is 2. The van der Waals surface area contributed by atoms with Crippen molar-refractivity contribution in [1.82, 2.24) is 4.90 Å². The highest BCUT2D eigenvalue weighted by molar-refractivity contribution is 5.95. The number of hydrogen-bond donors (Lipinski definition) is 0. The van der Waals surface area contributed by atoms with Crippen LogP contribution in [0.1, 0.15) is 35.2 Å². The first-order chi connectivity index (χ1) is 12.7. The number of carbonyl (C=O) groups is 1. The number of likely N-dealkylation sites (tertiary alicyclic amines) is 1. The molecule has 134 valence electrons. The summed E-state index contributed by atoms with van der Waals surface area (Å²) in [4.78, 5) is 14.8. The van der Waals surface area contributed by atoms with Gasteiger partial charge in [0.1, 0.15) is 11.4 Å². The molecule has 0 radical (unpaired) electrons. The Labute approximate surface area is 152 Å². The first-order valence-corrected chi connectivity index (χ1v) is 9.18. The first kappa shape index (κ1) is 15.6. The number of amides is 1. The lowest BCUT2D eigenvalue weighted by molar-refractivity contribution is -0.0107. The molecule has 0 aromatic heterocycles. The van der Waals surface area contributed by atoms with E-state index >= 15 is 0 Å². The van der Waals surface area contributed by atoms with E-state index in [-0.39, 0.29) is 18.3 Å². The molecule has 0 saturated carbocycles. The predicted octanol–water partition coefficient (Wildman–Crippen LogP) is 3.42. The average Bonchev–Trinajstić information content (AvgIpc) is 3.16. The molecule has 5 rings (SSSR count). The molecule has 0 aliphatic carbocycles. The Hall–Kier alpha value is -2.69. The number of aryl methyl sites for hydroxylation is 1. The standard InChI is InChI=1S/C21H21NO4/c23-20(16-5-6-18-19(13-16)25-14-24-18)22-11-9-21(10-12-22)8-7-15-3-1-2-4-17(15)26-21/h1-6,13H,7-12,14H2. The summed E-state index contributed by atoms with van der Waals surface area (Å²) in [7, 11) is 0. The maximum absolute atomic E-state index is 12.9. The van der Waals surface area contributed by atoms with Gasteiger partial charge in [0, 0.05) is 31.5 Å². The number of para-hydroxylation sites is 1. The zero-order chi connectivity index (χ0) is 17.6. The number of nitrogens with zero attached hydrogens (tertiary/aromatic N) is 1. The molecule has 26 heavy (non-hydrogen) atoms. The topological polar surface area (TPSA) is 48.0 Å². The third-order valence-electron chi connectivity index (χ3n) is 5.73. The summed E-state index contributed by atoms with van der Waals surface area (Å²) in [6.07, 6.45) is 3.82. The Morgan fingerprint density at radius 2 is 1.73 bits per heavy atom. The van der Waals surface area contributed by atoms with Crippen LogP contribution in [0.3, 0.4) is 0 Å². The highest BCUT2D eigenvalue weighted by Gasteiger charge is 2.40. The second-order valence-electron chi connectivity index (χ2n) is 7.25. The summed E-state index contributed by atoms with van der Waals surface area (Å²) in [6.45, 7) is 1.66. The largest absolute Gasteiger partial charge is 0.487 e. The lowest BCUT2D eigenvalue weighted by Crippen LogP contribution is -2.51. The molecule has 1 amide bonds. The summed E-state index contributed by atoms with van der Waals surface area (Å²) >= 11 is 0. The van der Waals surface area contributed by atoms with E-state index in [0.717, 1.165) is 44.5 Å². The quantitative estimate of drug-likeness (QED) is 0.790. The monoisotopic (exact) mass is 351 g/mol. The minimum absolute atomic E-state index is 0.0503. The average molecular weight is 351 g/mol. The van der Waals surface area contributed by atoms with E-state index in [0.29, 0.717) is 17.1 Å². The second-order valence-corrected chi connectivity index (χ2v) is 7.25. The minimum atomic E-state index is -0.125. The summed E-state index contributed by atoms with van der Waals surface area (Å²) in [5.74, 6) is 2.41. The van der Waals surface area contributed by atoms with Crippen LogP contribution in [-0.2, 0) is 6.42 Å². The van der Waals surface area contributed by atoms with Crippen LogP contribution in [0.25, 0.3) is 0 Å². The SMILES string of the molecule is O=C(c1ccc2c(c1)OCO2)N1CCC2(CCc3ccccc3O2)CC1. The van der Waals surface area contributed by atoms with Gasteiger partial charge >= 0.3 is 0 Å². The van der Waals surface area contributed by atoms with Crippen molar-refractivity contribution in [3.63, 3.8) is 0 Å². The Bertz CT molecular complexity index is 855. The Kier molecular flexibility index (Phi) is 3.55. The van der Waals surface area contributed by atoms with Crippen molar-refractivity contribution >= 4 is 5.91 Å². The molecule has 0 atom stereocenters. The maximum atomic E-state index is 12.9. The van der Waals surface area contributed by atoms with Gasteiger partial charge in [0.25, 0.3) is 5.91 Å². The van der Waals surface area contributed by atoms with E-state index in [4.69, 9.17) is 14.2 Å². The molecule has 5 nitrogen and oxygen atoms in total. The number of ether oxygens (including phenoxy) is 3. The van der Waals surface area contributed by atoms with Crippen molar-refractivity contribution in [2.24, 2.45) is 0 Å². The third kappa shape index (κ3) is 2.59. The lowest BCUT2D eigenvalue weighted by Gasteiger charge is -2.44. The van der Waals surface area contributed by atoms with E-state index in [2.05, 4.69) is 18.2 Å². The van der Waals surface area contributed by atoms with Gasteiger partial charge in [-0.25, -0.2) is 0 Å². The summed E-state index contributed by atoms with van der Waals surface area (Å²) < 4.78 is 17.1. The van der Waals surface area contributed by atoms with E-state index < -0.39 is 0 Å². The van der Waals surface area contributed by atoms with E-state index in [9.17, 15) is 4.79 Å². The summed E-state index contributed by atoms with van der Waals surface area (Å²) in [5.41, 5.74) is 1.82. The van der Waals surface area contributed by atoms with Gasteiger partial charge < -0.3 is 19.1 Å². The molecule has 0 N–H and O–H groups in total. The van der Waals surface area contributed by atoms with Gasteiger partial charge in [0.05, 0.1) is 0 Å². The highest BCUT2D eigenvalue weighted by atomic mass is 16.7. The van der Waals surface area contributed by atoms with Crippen molar-refractivity contribution < 1.29 is 19.0 Å². The van der Waals surface area contributed by atoms with Gasteiger partial charge in [-0.2, -0.15) is 0 Å². The number of carbonyl (C=O) groups excluding carboxylic acids is 1. The van der Waals surface area contributed by atoms with Crippen molar-refractivity contribution in [2.45, 2.75) is 31.3 Å². The molecule has 1 spiro atoms. The van der Waals surface area contributed by atoms with E-state index in [1.54, 1.807) is 6.07 Å². The van der Waals surface area contributed by atoms with Crippen molar-refractivity contribution in [3.8, 4) is 17.2 Å². The molecule has 5 heteroatoms. The first-order valence-electron chi connectivity index (χ1n) is 9.18. The second kappa shape index (κ2) is 5.94. The van der Waals surface area contributed by atoms with Crippen molar-refractivity contribution in [2.75, 3.05) is 19.9 Å². The fourth-order valence-corrected chi connectivity index (χ4v) is 4.14. The molecule has 0 unspecified atom stereocenters. The molecule has 3 aliphatic heterocycles. The van der Waals surface area contributed by atoms with Gasteiger partial charge in [-0.3, -0.25) is 4.79 Å². The molecular formula is C21H21NO4. The van der Waals surface area contributed by atoms with Gasteiger partial charge in [0.2, 0.25) is 6.79 Å². The van der Waals surface area contributed by atoms with Crippen LogP contribution < -0.4 is 14.2 Å². The smallest absolute Gasteiger partial charge is 0.253 e. The van der Waals surface area contributed by atoms with Crippen LogP contribution in [0.2, 0.25) is 0 Å². The van der Waals surface area contributed by atoms with Crippen LogP contribution >= 0.6 is 0 Å². The van der Waals surface area contributed by atoms with Crippen LogP contribution in [-0.4, -0.2) is 36.3 Å². The van der Waals surface area contributed by atoms with Crippen LogP contribution in [0, 0.1) is 0 Å². The van der Waals surface area contributed by atoms with Gasteiger partial charge in [-0.1, -0.05) is 18.2 Å². The van der Waals surface area contributed by atoms with Crippen molar-refractivity contribution in [3.05, 3.63) is 53.6 Å². The molecular weight excluding hydrogens is 330 g/mol. The molecule has 1 fully saturated rings. The maximum Gasteiger partial charge on any atom is 0.253 e. The van der Waals surface area contributed by atoms with Gasteiger partial charge in [-0.05, 0) is 42.7 Å². The summed E-state index contributed by atoms with van der Waals surface area (Å²) in [5, 5.41) is 0. The minimum Gasteiger partial charge on any atom is -0.487 e. The zero-order valence-electron chi connectivity index (χ0n) is 14.6. The van der Waals surface area contributed by atoms with Gasteiger partial charge in [-0.15, -0.1) is 0 Å². The molecule has 3 aliphatic rings. The number of rotatable bonds is 1. The molecule has 2 aromatic carbocycles. The predicted molar refractivity (Wildman–Crippen MR) is 95.8 cm³/mol. The molecule has 2 aromatic rings. The Balaban J connectivity index is 1.28. The Morgan fingerprint density at radius 3 is 2.62 bits per heavy atom. The zero-order valence-corrected chi connectivity index (χ0v) is 14.6.